The number of fused-ring (bicyclic) bond motifs is 1. The molecular weight excluding hydrogens is 420 g/mol. The van der Waals surface area contributed by atoms with Crippen molar-refractivity contribution >= 4 is 30.7 Å². The Morgan fingerprint density at radius 3 is 2.48 bits per heavy atom. The minimum atomic E-state index is -2.16. The minimum Gasteiger partial charge on any atom is -0.479 e. The van der Waals surface area contributed by atoms with Gasteiger partial charge in [0, 0.05) is 34.5 Å². The highest BCUT2D eigenvalue weighted by molar-refractivity contribution is 6.36. The smallest absolute Gasteiger partial charge is 0.341 e. The van der Waals surface area contributed by atoms with Crippen molar-refractivity contribution in [3.63, 3.8) is 0 Å². The molecule has 0 spiro atoms. The van der Waals surface area contributed by atoms with Crippen molar-refractivity contribution in [1.82, 2.24) is 19.6 Å². The fourth-order valence-electron chi connectivity index (χ4n) is 4.61. The van der Waals surface area contributed by atoms with Gasteiger partial charge >= 0.3 is 5.97 Å². The second-order valence-electron chi connectivity index (χ2n) is 8.64. The summed E-state index contributed by atoms with van der Waals surface area (Å²) in [7, 11) is 1.88. The third-order valence-electron chi connectivity index (χ3n) is 6.66. The number of halogens is 1. The zero-order valence-corrected chi connectivity index (χ0v) is 18.2. The molecule has 33 heavy (non-hydrogen) atoms. The number of carboxylic acids is 1. The van der Waals surface area contributed by atoms with Crippen LogP contribution < -0.4 is 11.2 Å². The summed E-state index contributed by atoms with van der Waals surface area (Å²) in [6.45, 7) is 0. The zero-order chi connectivity index (χ0) is 23.2. The molecule has 1 fully saturated rings. The van der Waals surface area contributed by atoms with Crippen LogP contribution in [0.3, 0.4) is 0 Å². The second kappa shape index (κ2) is 7.99. The van der Waals surface area contributed by atoms with Crippen molar-refractivity contribution < 1.29 is 14.3 Å². The number of pyridine rings is 1. The van der Waals surface area contributed by atoms with Gasteiger partial charge in [-0.1, -0.05) is 36.4 Å². The molecule has 7 nitrogen and oxygen atoms in total. The molecule has 4 aromatic rings. The Balaban J connectivity index is 1.51. The lowest BCUT2D eigenvalue weighted by atomic mass is 9.75. The fraction of sp³-hybridized carbons (Fsp3) is 0.250. The molecule has 166 valence electrons. The van der Waals surface area contributed by atoms with Crippen LogP contribution >= 0.6 is 0 Å². The molecule has 3 heterocycles. The van der Waals surface area contributed by atoms with E-state index in [1.54, 1.807) is 16.9 Å². The monoisotopic (exact) mass is 443 g/mol. The summed E-state index contributed by atoms with van der Waals surface area (Å²) >= 11 is 0. The van der Waals surface area contributed by atoms with Gasteiger partial charge in [-0.15, -0.1) is 0 Å². The Labute approximate surface area is 190 Å². The predicted molar refractivity (Wildman–Crippen MR) is 127 cm³/mol. The van der Waals surface area contributed by atoms with E-state index in [9.17, 15) is 14.3 Å². The van der Waals surface area contributed by atoms with E-state index in [1.165, 1.54) is 0 Å². The molecule has 0 radical (unpaired) electrons. The van der Waals surface area contributed by atoms with Crippen molar-refractivity contribution in [3.8, 4) is 22.4 Å². The summed E-state index contributed by atoms with van der Waals surface area (Å²) in [6, 6.07) is 13.9. The van der Waals surface area contributed by atoms with E-state index in [0.29, 0.717) is 24.3 Å². The maximum absolute atomic E-state index is 14.5. The molecule has 0 bridgehead atoms. The van der Waals surface area contributed by atoms with Crippen LogP contribution in [0.5, 0.6) is 0 Å². The third-order valence-corrected chi connectivity index (χ3v) is 6.66. The number of nitrogen functional groups attached to an aromatic ring is 1. The van der Waals surface area contributed by atoms with Crippen LogP contribution in [0.1, 0.15) is 37.3 Å². The Morgan fingerprint density at radius 1 is 1.12 bits per heavy atom. The summed E-state index contributed by atoms with van der Waals surface area (Å²) in [6.07, 6.45) is 4.26. The molecular formula is C24H23BFN5O2. The SMILES string of the molecule is Bc1c(N)n2ncc(-c3ccc(-c4ccccc4)nc3)c2nc1[C@H]1CC[C@](F)(C(=O)O)CC1. The second-order valence-corrected chi connectivity index (χ2v) is 8.64. The number of carbonyl (C=O) groups is 1. The molecule has 0 saturated heterocycles. The number of aromatic nitrogens is 4. The molecule has 9 heteroatoms. The van der Waals surface area contributed by atoms with Crippen LogP contribution in [0.25, 0.3) is 28.0 Å². The largest absolute Gasteiger partial charge is 0.479 e. The Hall–Kier alpha value is -3.75. The molecule has 1 aromatic carbocycles. The number of anilines is 1. The number of carboxylic acid groups (broad SMARTS) is 1. The van der Waals surface area contributed by atoms with Gasteiger partial charge in [-0.25, -0.2) is 14.2 Å². The highest BCUT2D eigenvalue weighted by Gasteiger charge is 2.43. The molecule has 0 aliphatic heterocycles. The van der Waals surface area contributed by atoms with E-state index in [2.05, 4.69) is 10.1 Å². The molecule has 0 amide bonds. The van der Waals surface area contributed by atoms with Crippen LogP contribution in [0.4, 0.5) is 10.2 Å². The van der Waals surface area contributed by atoms with Crippen LogP contribution in [0, 0.1) is 0 Å². The van der Waals surface area contributed by atoms with Crippen molar-refractivity contribution in [3.05, 3.63) is 60.6 Å². The molecule has 5 rings (SSSR count). The van der Waals surface area contributed by atoms with Gasteiger partial charge in [0.15, 0.2) is 5.65 Å². The van der Waals surface area contributed by atoms with Crippen LogP contribution in [-0.4, -0.2) is 44.2 Å². The molecule has 3 aromatic heterocycles. The Bertz CT molecular complexity index is 1330. The molecule has 1 aliphatic carbocycles. The first-order chi connectivity index (χ1) is 15.9. The number of nitrogens with two attached hydrogens (primary N) is 1. The van der Waals surface area contributed by atoms with Gasteiger partial charge in [-0.05, 0) is 37.2 Å². The molecule has 3 N–H and O–H groups in total. The number of aliphatic carboxylic acids is 1. The summed E-state index contributed by atoms with van der Waals surface area (Å²) in [5, 5.41) is 13.6. The normalized spacial score (nSPS) is 20.7. The number of benzene rings is 1. The Morgan fingerprint density at radius 2 is 1.85 bits per heavy atom. The maximum Gasteiger partial charge on any atom is 0.341 e. The van der Waals surface area contributed by atoms with Crippen LogP contribution in [0.15, 0.2) is 54.9 Å². The number of hydrogen-bond acceptors (Lipinski definition) is 5. The van der Waals surface area contributed by atoms with Gasteiger partial charge in [0.1, 0.15) is 13.7 Å². The van der Waals surface area contributed by atoms with E-state index in [4.69, 9.17) is 10.7 Å². The van der Waals surface area contributed by atoms with E-state index in [1.807, 2.05) is 50.3 Å². The average molecular weight is 443 g/mol. The van der Waals surface area contributed by atoms with E-state index < -0.39 is 11.6 Å². The highest BCUT2D eigenvalue weighted by atomic mass is 19.1. The number of nitrogens with zero attached hydrogens (tertiary/aromatic N) is 4. The fourth-order valence-corrected chi connectivity index (χ4v) is 4.61. The van der Waals surface area contributed by atoms with Gasteiger partial charge in [-0.3, -0.25) is 4.98 Å². The standard InChI is InChI=1S/C24H23BFN5O2/c25-19-20(15-8-10-24(26,11-9-15)23(32)33)30-22-17(13-29-31(22)21(19)27)16-6-7-18(28-12-16)14-4-2-1-3-5-14/h1-7,12-13,15H,8-11,25,27H2,(H,32,33)/t15-,24+. The van der Waals surface area contributed by atoms with E-state index >= 15 is 0 Å². The summed E-state index contributed by atoms with van der Waals surface area (Å²) in [5.74, 6) is -0.961. The van der Waals surface area contributed by atoms with Crippen molar-refractivity contribution in [2.75, 3.05) is 5.73 Å². The lowest BCUT2D eigenvalue weighted by molar-refractivity contribution is -0.153. The first-order valence-corrected chi connectivity index (χ1v) is 11.0. The molecule has 1 saturated carbocycles. The Kier molecular flexibility index (Phi) is 5.11. The number of alkyl halides is 1. The third kappa shape index (κ3) is 3.63. The topological polar surface area (TPSA) is 106 Å². The van der Waals surface area contributed by atoms with E-state index in [-0.39, 0.29) is 18.8 Å². The van der Waals surface area contributed by atoms with Crippen LogP contribution in [-0.2, 0) is 4.79 Å². The van der Waals surface area contributed by atoms with Gasteiger partial charge < -0.3 is 10.8 Å². The molecule has 0 atom stereocenters. The highest BCUT2D eigenvalue weighted by Crippen LogP contribution is 2.40. The van der Waals surface area contributed by atoms with Crippen molar-refractivity contribution in [1.29, 1.82) is 0 Å². The number of hydrogen-bond donors (Lipinski definition) is 2. The minimum absolute atomic E-state index is 0.0316. The van der Waals surface area contributed by atoms with Gasteiger partial charge in [0.05, 0.1) is 11.9 Å². The quantitative estimate of drug-likeness (QED) is 0.470. The lowest BCUT2D eigenvalue weighted by Crippen LogP contribution is -2.38. The maximum atomic E-state index is 14.5. The summed E-state index contributed by atoms with van der Waals surface area (Å²) < 4.78 is 16.2. The summed E-state index contributed by atoms with van der Waals surface area (Å²) in [4.78, 5) is 20.8. The molecule has 0 unspecified atom stereocenters. The van der Waals surface area contributed by atoms with Crippen molar-refractivity contribution in [2.45, 2.75) is 37.3 Å². The first kappa shape index (κ1) is 21.1. The van der Waals surface area contributed by atoms with Gasteiger partial charge in [0.25, 0.3) is 0 Å². The number of rotatable bonds is 4. The first-order valence-electron chi connectivity index (χ1n) is 11.0. The summed E-state index contributed by atoms with van der Waals surface area (Å²) in [5.41, 5.74) is 9.99. The predicted octanol–water partition coefficient (Wildman–Crippen LogP) is 2.75. The lowest BCUT2D eigenvalue weighted by Gasteiger charge is -2.31. The zero-order valence-electron chi connectivity index (χ0n) is 18.2. The van der Waals surface area contributed by atoms with E-state index in [0.717, 1.165) is 33.5 Å². The van der Waals surface area contributed by atoms with Gasteiger partial charge in [-0.2, -0.15) is 9.61 Å². The average Bonchev–Trinajstić information content (AvgIpc) is 3.27. The van der Waals surface area contributed by atoms with Crippen molar-refractivity contribution in [2.24, 2.45) is 0 Å². The van der Waals surface area contributed by atoms with Gasteiger partial charge in [0.2, 0.25) is 5.67 Å². The van der Waals surface area contributed by atoms with Crippen LogP contribution in [0.2, 0.25) is 0 Å². The molecule has 1 aliphatic rings.